The van der Waals surface area contributed by atoms with Crippen LogP contribution in [-0.4, -0.2) is 59.4 Å². The molecule has 6 rings (SSSR count). The van der Waals surface area contributed by atoms with E-state index in [1.807, 2.05) is 4.68 Å². The Bertz CT molecular complexity index is 1000. The van der Waals surface area contributed by atoms with Crippen molar-refractivity contribution in [2.24, 2.45) is 29.6 Å². The van der Waals surface area contributed by atoms with Crippen LogP contribution in [0.4, 0.5) is 0 Å². The molecule has 0 radical (unpaired) electrons. The summed E-state index contributed by atoms with van der Waals surface area (Å²) in [6, 6.07) is 0.292. The predicted octanol–water partition coefficient (Wildman–Crippen LogP) is 4.07. The summed E-state index contributed by atoms with van der Waals surface area (Å²) in [5, 5.41) is 7.59. The van der Waals surface area contributed by atoms with E-state index in [4.69, 9.17) is 4.74 Å². The molecule has 1 aromatic rings. The van der Waals surface area contributed by atoms with E-state index < -0.39 is 10.0 Å². The average molecular weight is 521 g/mol. The van der Waals surface area contributed by atoms with Crippen LogP contribution in [0.1, 0.15) is 88.9 Å². The van der Waals surface area contributed by atoms with Gasteiger partial charge in [-0.15, -0.1) is 0 Å². The molecule has 0 spiro atoms. The lowest BCUT2D eigenvalue weighted by molar-refractivity contribution is -0.0120. The number of piperidine rings is 1. The normalized spacial score (nSPS) is 30.7. The maximum absolute atomic E-state index is 13.4. The Morgan fingerprint density at radius 3 is 2.33 bits per heavy atom. The van der Waals surface area contributed by atoms with Gasteiger partial charge in [-0.3, -0.25) is 4.79 Å². The van der Waals surface area contributed by atoms with Gasteiger partial charge >= 0.3 is 0 Å². The zero-order valence-electron chi connectivity index (χ0n) is 22.2. The highest BCUT2D eigenvalue weighted by molar-refractivity contribution is 7.89. The molecule has 4 saturated carbocycles. The van der Waals surface area contributed by atoms with Crippen molar-refractivity contribution in [3.63, 3.8) is 0 Å². The first-order chi connectivity index (χ1) is 17.3. The standard InChI is InChI=1S/C27H44N4O4S/c1-4-11-35-27-24(26(32)29-25-22-13-20-12-21(15-22)16-23(25)14-20)17-28-31(27)10-7-19-5-8-30(9-6-19)36(33,34)18(2)3/h17-23,25H,4-16H2,1-3H3,(H,29,32). The Hall–Kier alpha value is -1.61. The molecule has 1 aromatic heterocycles. The summed E-state index contributed by atoms with van der Waals surface area (Å²) in [5.74, 6) is 4.00. The summed E-state index contributed by atoms with van der Waals surface area (Å²) in [7, 11) is -3.18. The van der Waals surface area contributed by atoms with Gasteiger partial charge in [0, 0.05) is 25.7 Å². The molecule has 1 N–H and O–H groups in total. The first-order valence-electron chi connectivity index (χ1n) is 14.2. The molecule has 1 aliphatic heterocycles. The maximum Gasteiger partial charge on any atom is 0.258 e. The van der Waals surface area contributed by atoms with E-state index in [1.54, 1.807) is 24.3 Å². The minimum atomic E-state index is -3.18. The SMILES string of the molecule is CCCOc1c(C(=O)NC2C3CC4CC(C3)CC2C4)cnn1CCC1CCN(S(=O)(=O)C(C)C)CC1. The second kappa shape index (κ2) is 10.6. The van der Waals surface area contributed by atoms with E-state index in [-0.39, 0.29) is 11.2 Å². The maximum atomic E-state index is 13.4. The van der Waals surface area contributed by atoms with Gasteiger partial charge in [0.25, 0.3) is 5.91 Å². The smallest absolute Gasteiger partial charge is 0.258 e. The third-order valence-corrected chi connectivity index (χ3v) is 11.6. The van der Waals surface area contributed by atoms with Crippen LogP contribution in [0.25, 0.3) is 0 Å². The van der Waals surface area contributed by atoms with Gasteiger partial charge in [-0.05, 0) is 101 Å². The molecule has 9 heteroatoms. The van der Waals surface area contributed by atoms with Crippen LogP contribution in [-0.2, 0) is 16.6 Å². The molecule has 0 atom stereocenters. The third-order valence-electron chi connectivity index (χ3n) is 9.28. The van der Waals surface area contributed by atoms with Crippen molar-refractivity contribution in [1.29, 1.82) is 0 Å². The molecule has 2 heterocycles. The minimum Gasteiger partial charge on any atom is -0.477 e. The summed E-state index contributed by atoms with van der Waals surface area (Å²) < 4.78 is 34.5. The van der Waals surface area contributed by atoms with Crippen LogP contribution in [0.3, 0.4) is 0 Å². The lowest BCUT2D eigenvalue weighted by Gasteiger charge is -2.54. The zero-order chi connectivity index (χ0) is 25.4. The number of sulfonamides is 1. The Morgan fingerprint density at radius 1 is 1.11 bits per heavy atom. The van der Waals surface area contributed by atoms with Gasteiger partial charge in [-0.1, -0.05) is 6.92 Å². The van der Waals surface area contributed by atoms with Crippen molar-refractivity contribution in [2.45, 2.75) is 96.4 Å². The number of rotatable bonds is 10. The van der Waals surface area contributed by atoms with Crippen molar-refractivity contribution < 1.29 is 17.9 Å². The molecule has 36 heavy (non-hydrogen) atoms. The fourth-order valence-electron chi connectivity index (χ4n) is 7.49. The van der Waals surface area contributed by atoms with Crippen molar-refractivity contribution in [2.75, 3.05) is 19.7 Å². The van der Waals surface area contributed by atoms with E-state index >= 15 is 0 Å². The van der Waals surface area contributed by atoms with Crippen molar-refractivity contribution in [1.82, 2.24) is 19.4 Å². The molecule has 1 saturated heterocycles. The summed E-state index contributed by atoms with van der Waals surface area (Å²) in [4.78, 5) is 13.4. The number of aryl methyl sites for hydroxylation is 1. The van der Waals surface area contributed by atoms with Crippen molar-refractivity contribution >= 4 is 15.9 Å². The minimum absolute atomic E-state index is 0.0444. The van der Waals surface area contributed by atoms with Gasteiger partial charge in [0.2, 0.25) is 15.9 Å². The molecule has 202 valence electrons. The highest BCUT2D eigenvalue weighted by atomic mass is 32.2. The highest BCUT2D eigenvalue weighted by Crippen LogP contribution is 2.53. The molecule has 4 bridgehead atoms. The number of carbonyl (C=O) groups excluding carboxylic acids is 1. The van der Waals surface area contributed by atoms with E-state index in [9.17, 15) is 13.2 Å². The number of amides is 1. The highest BCUT2D eigenvalue weighted by Gasteiger charge is 2.48. The Labute approximate surface area is 216 Å². The van der Waals surface area contributed by atoms with Crippen LogP contribution >= 0.6 is 0 Å². The van der Waals surface area contributed by atoms with Gasteiger partial charge in [-0.25, -0.2) is 17.4 Å². The van der Waals surface area contributed by atoms with E-state index in [2.05, 4.69) is 17.3 Å². The summed E-state index contributed by atoms with van der Waals surface area (Å²) in [6.07, 6.45) is 11.6. The fraction of sp³-hybridized carbons (Fsp3) is 0.852. The van der Waals surface area contributed by atoms with Crippen LogP contribution in [0, 0.1) is 29.6 Å². The Kier molecular flexibility index (Phi) is 7.69. The average Bonchev–Trinajstić information content (AvgIpc) is 3.26. The van der Waals surface area contributed by atoms with E-state index in [1.165, 1.54) is 32.1 Å². The van der Waals surface area contributed by atoms with Crippen molar-refractivity contribution in [3.05, 3.63) is 11.8 Å². The fourth-order valence-corrected chi connectivity index (χ4v) is 8.80. The monoisotopic (exact) mass is 520 g/mol. The van der Waals surface area contributed by atoms with Crippen LogP contribution in [0.15, 0.2) is 6.20 Å². The molecule has 1 amide bonds. The zero-order valence-corrected chi connectivity index (χ0v) is 23.0. The van der Waals surface area contributed by atoms with Gasteiger partial charge in [0.1, 0.15) is 5.56 Å². The summed E-state index contributed by atoms with van der Waals surface area (Å²) in [6.45, 7) is 7.95. The Balaban J connectivity index is 1.20. The topological polar surface area (TPSA) is 93.5 Å². The molecular weight excluding hydrogens is 476 g/mol. The number of hydrogen-bond donors (Lipinski definition) is 1. The number of nitrogens with zero attached hydrogens (tertiary/aromatic N) is 3. The number of nitrogens with one attached hydrogen (secondary N) is 1. The molecule has 0 aromatic carbocycles. The number of hydrogen-bond acceptors (Lipinski definition) is 5. The molecular formula is C27H44N4O4S. The second-order valence-corrected chi connectivity index (χ2v) is 14.6. The van der Waals surface area contributed by atoms with Gasteiger partial charge < -0.3 is 10.1 Å². The lowest BCUT2D eigenvalue weighted by atomic mass is 9.54. The predicted molar refractivity (Wildman–Crippen MR) is 139 cm³/mol. The summed E-state index contributed by atoms with van der Waals surface area (Å²) >= 11 is 0. The van der Waals surface area contributed by atoms with E-state index in [0.29, 0.717) is 61.5 Å². The molecule has 0 unspecified atom stereocenters. The lowest BCUT2D eigenvalue weighted by Crippen LogP contribution is -2.55. The number of carbonyl (C=O) groups is 1. The van der Waals surface area contributed by atoms with Crippen LogP contribution in [0.2, 0.25) is 0 Å². The van der Waals surface area contributed by atoms with Gasteiger partial charge in [0.05, 0.1) is 18.1 Å². The Morgan fingerprint density at radius 2 is 1.75 bits per heavy atom. The molecule has 5 aliphatic rings. The first kappa shape index (κ1) is 26.0. The second-order valence-electron chi connectivity index (χ2n) is 12.1. The van der Waals surface area contributed by atoms with Crippen LogP contribution < -0.4 is 10.1 Å². The van der Waals surface area contributed by atoms with Gasteiger partial charge in [0.15, 0.2) is 0 Å². The van der Waals surface area contributed by atoms with Crippen molar-refractivity contribution in [3.8, 4) is 5.88 Å². The number of ether oxygens (including phenoxy) is 1. The molecule has 8 nitrogen and oxygen atoms in total. The number of aromatic nitrogens is 2. The first-order valence-corrected chi connectivity index (χ1v) is 15.7. The third kappa shape index (κ3) is 5.19. The quantitative estimate of drug-likeness (QED) is 0.502. The van der Waals surface area contributed by atoms with Crippen LogP contribution in [0.5, 0.6) is 5.88 Å². The molecule has 4 aliphatic carbocycles. The molecule has 5 fully saturated rings. The van der Waals surface area contributed by atoms with Gasteiger partial charge in [-0.2, -0.15) is 5.10 Å². The largest absolute Gasteiger partial charge is 0.477 e. The summed E-state index contributed by atoms with van der Waals surface area (Å²) in [5.41, 5.74) is 0.551. The van der Waals surface area contributed by atoms with E-state index in [0.717, 1.165) is 37.5 Å².